The molecule has 0 spiro atoms. The molecule has 32 heavy (non-hydrogen) atoms. The van der Waals surface area contributed by atoms with Gasteiger partial charge in [-0.25, -0.2) is 9.79 Å². The fraction of sp³-hybridized carbons (Fsp3) is 0.583. The van der Waals surface area contributed by atoms with Crippen LogP contribution in [-0.2, 0) is 11.3 Å². The van der Waals surface area contributed by atoms with E-state index >= 15 is 0 Å². The van der Waals surface area contributed by atoms with Crippen molar-refractivity contribution in [3.63, 3.8) is 0 Å². The van der Waals surface area contributed by atoms with E-state index in [-0.39, 0.29) is 11.9 Å². The lowest BCUT2D eigenvalue weighted by molar-refractivity contribution is 0.0459. The number of hydrogen-bond donors (Lipinski definition) is 1. The van der Waals surface area contributed by atoms with Crippen molar-refractivity contribution < 1.29 is 9.53 Å². The number of amides is 2. The molecule has 4 heterocycles. The van der Waals surface area contributed by atoms with Crippen LogP contribution in [-0.4, -0.2) is 79.7 Å². The maximum atomic E-state index is 12.9. The van der Waals surface area contributed by atoms with Gasteiger partial charge in [-0.2, -0.15) is 0 Å². The number of benzene rings is 1. The van der Waals surface area contributed by atoms with E-state index in [0.29, 0.717) is 18.6 Å². The molecule has 2 unspecified atom stereocenters. The van der Waals surface area contributed by atoms with E-state index in [1.165, 1.54) is 11.3 Å². The van der Waals surface area contributed by atoms with Gasteiger partial charge in [0.15, 0.2) is 5.82 Å². The number of fused-ring (bicyclic) bond motifs is 1. The lowest BCUT2D eigenvalue weighted by Gasteiger charge is -2.32. The van der Waals surface area contributed by atoms with Crippen molar-refractivity contribution in [2.45, 2.75) is 32.4 Å². The largest absolute Gasteiger partial charge is 0.381 e. The van der Waals surface area contributed by atoms with Crippen molar-refractivity contribution in [1.82, 2.24) is 20.0 Å². The van der Waals surface area contributed by atoms with Crippen molar-refractivity contribution >= 4 is 17.6 Å². The number of nitrogens with one attached hydrogen (secondary N) is 1. The van der Waals surface area contributed by atoms with Crippen LogP contribution in [0.2, 0.25) is 0 Å². The second kappa shape index (κ2) is 8.75. The first-order valence-electron chi connectivity index (χ1n) is 11.7. The Hall–Kier alpha value is -2.58. The summed E-state index contributed by atoms with van der Waals surface area (Å²) in [4.78, 5) is 26.4. The van der Waals surface area contributed by atoms with E-state index in [1.807, 2.05) is 0 Å². The molecule has 0 aliphatic carbocycles. The van der Waals surface area contributed by atoms with Gasteiger partial charge in [0.05, 0.1) is 0 Å². The van der Waals surface area contributed by atoms with Crippen LogP contribution in [0.25, 0.3) is 0 Å². The standard InChI is InChI=1S/C24H34N6O2/c1-17-12-28(13-18-4-6-19(7-5-18)27(2)3)14-21(17)23-25-22-15-29(16-30(22)24(31)26-23)20-8-10-32-11-9-20/h4-7,15,17,20-21H,8-14,16H2,1-3H3,(H,25,26,31). The average Bonchev–Trinajstić information content (AvgIpc) is 3.38. The second-order valence-electron chi connectivity index (χ2n) is 9.68. The summed E-state index contributed by atoms with van der Waals surface area (Å²) in [6.07, 6.45) is 4.07. The summed E-state index contributed by atoms with van der Waals surface area (Å²) in [5.74, 6) is 2.28. The van der Waals surface area contributed by atoms with Gasteiger partial charge in [-0.05, 0) is 36.5 Å². The molecule has 0 radical (unpaired) electrons. The molecule has 5 rings (SSSR count). The van der Waals surface area contributed by atoms with Crippen molar-refractivity contribution in [3.8, 4) is 0 Å². The zero-order chi connectivity index (χ0) is 22.2. The summed E-state index contributed by atoms with van der Waals surface area (Å²) in [5.41, 5.74) is 2.53. The van der Waals surface area contributed by atoms with Crippen molar-refractivity contribution in [1.29, 1.82) is 0 Å². The number of likely N-dealkylation sites (tertiary alicyclic amines) is 1. The van der Waals surface area contributed by atoms with E-state index in [2.05, 4.69) is 71.5 Å². The molecular weight excluding hydrogens is 404 g/mol. The molecule has 4 aliphatic rings. The molecule has 1 aromatic carbocycles. The lowest BCUT2D eigenvalue weighted by atomic mass is 9.96. The third-order valence-corrected chi connectivity index (χ3v) is 7.14. The highest BCUT2D eigenvalue weighted by Crippen LogP contribution is 2.30. The Morgan fingerprint density at radius 2 is 1.91 bits per heavy atom. The fourth-order valence-electron chi connectivity index (χ4n) is 5.20. The number of aliphatic imine (C=N–C) groups is 1. The van der Waals surface area contributed by atoms with Crippen LogP contribution in [0.3, 0.4) is 0 Å². The highest BCUT2D eigenvalue weighted by molar-refractivity contribution is 6.02. The van der Waals surface area contributed by atoms with E-state index in [1.54, 1.807) is 4.90 Å². The van der Waals surface area contributed by atoms with Gasteiger partial charge in [0.25, 0.3) is 0 Å². The number of anilines is 1. The molecule has 2 amide bonds. The molecule has 2 atom stereocenters. The molecule has 172 valence electrons. The zero-order valence-corrected chi connectivity index (χ0v) is 19.3. The minimum Gasteiger partial charge on any atom is -0.381 e. The molecule has 0 saturated carbocycles. The summed E-state index contributed by atoms with van der Waals surface area (Å²) in [6.45, 7) is 7.26. The number of nitrogens with zero attached hydrogens (tertiary/aromatic N) is 5. The summed E-state index contributed by atoms with van der Waals surface area (Å²) >= 11 is 0. The fourth-order valence-corrected chi connectivity index (χ4v) is 5.20. The van der Waals surface area contributed by atoms with Crippen LogP contribution >= 0.6 is 0 Å². The Morgan fingerprint density at radius 3 is 2.62 bits per heavy atom. The van der Waals surface area contributed by atoms with Crippen molar-refractivity contribution in [3.05, 3.63) is 41.8 Å². The van der Waals surface area contributed by atoms with Gasteiger partial charge in [-0.1, -0.05) is 19.1 Å². The predicted octanol–water partition coefficient (Wildman–Crippen LogP) is 2.50. The number of ether oxygens (including phenoxy) is 1. The van der Waals surface area contributed by atoms with Crippen LogP contribution in [0, 0.1) is 11.8 Å². The summed E-state index contributed by atoms with van der Waals surface area (Å²) in [6, 6.07) is 9.12. The Labute approximate surface area is 190 Å². The van der Waals surface area contributed by atoms with Gasteiger partial charge >= 0.3 is 6.03 Å². The summed E-state index contributed by atoms with van der Waals surface area (Å²) in [7, 11) is 4.12. The molecule has 0 bridgehead atoms. The quantitative estimate of drug-likeness (QED) is 0.765. The number of urea groups is 1. The third-order valence-electron chi connectivity index (χ3n) is 7.14. The Morgan fingerprint density at radius 1 is 1.16 bits per heavy atom. The first-order valence-corrected chi connectivity index (χ1v) is 11.7. The number of carbonyl (C=O) groups is 1. The molecule has 4 aliphatic heterocycles. The zero-order valence-electron chi connectivity index (χ0n) is 19.3. The monoisotopic (exact) mass is 438 g/mol. The van der Waals surface area contributed by atoms with Gasteiger partial charge in [-0.15, -0.1) is 0 Å². The number of amidine groups is 1. The Bertz CT molecular complexity index is 906. The Kier molecular flexibility index (Phi) is 5.82. The maximum absolute atomic E-state index is 12.9. The van der Waals surface area contributed by atoms with Gasteiger partial charge < -0.3 is 14.5 Å². The van der Waals surface area contributed by atoms with Crippen LogP contribution in [0.15, 0.2) is 41.3 Å². The van der Waals surface area contributed by atoms with Crippen LogP contribution < -0.4 is 10.2 Å². The van der Waals surface area contributed by atoms with Crippen molar-refractivity contribution in [2.75, 3.05) is 52.0 Å². The molecule has 2 fully saturated rings. The molecule has 1 aromatic rings. The van der Waals surface area contributed by atoms with E-state index in [9.17, 15) is 4.79 Å². The second-order valence-corrected chi connectivity index (χ2v) is 9.68. The molecule has 2 saturated heterocycles. The molecule has 1 N–H and O–H groups in total. The van der Waals surface area contributed by atoms with E-state index in [0.717, 1.165) is 57.3 Å². The lowest BCUT2D eigenvalue weighted by Crippen LogP contribution is -2.50. The SMILES string of the molecule is CC1CN(Cc2ccc(N(C)C)cc2)CC1C1=NC2=CN(C3CCOCC3)CN2C(=O)N1. The van der Waals surface area contributed by atoms with Crippen LogP contribution in [0.5, 0.6) is 0 Å². The molecule has 8 heteroatoms. The van der Waals surface area contributed by atoms with Gasteiger partial charge in [-0.3, -0.25) is 15.1 Å². The minimum atomic E-state index is -0.0549. The molecule has 0 aromatic heterocycles. The molecular formula is C24H34N6O2. The number of rotatable bonds is 5. The average molecular weight is 439 g/mol. The minimum absolute atomic E-state index is 0.0549. The maximum Gasteiger partial charge on any atom is 0.329 e. The first kappa shape index (κ1) is 21.3. The van der Waals surface area contributed by atoms with Crippen LogP contribution in [0.1, 0.15) is 25.3 Å². The smallest absolute Gasteiger partial charge is 0.329 e. The summed E-state index contributed by atoms with van der Waals surface area (Å²) in [5, 5.41) is 3.10. The third kappa shape index (κ3) is 4.21. The van der Waals surface area contributed by atoms with Gasteiger partial charge in [0.1, 0.15) is 12.5 Å². The van der Waals surface area contributed by atoms with Gasteiger partial charge in [0, 0.05) is 70.8 Å². The number of carbonyl (C=O) groups excluding carboxylic acids is 1. The topological polar surface area (TPSA) is 63.6 Å². The normalized spacial score (nSPS) is 26.7. The van der Waals surface area contributed by atoms with E-state index in [4.69, 9.17) is 9.73 Å². The van der Waals surface area contributed by atoms with Crippen LogP contribution in [0.4, 0.5) is 10.5 Å². The highest BCUT2D eigenvalue weighted by Gasteiger charge is 2.39. The first-order chi connectivity index (χ1) is 15.5. The predicted molar refractivity (Wildman–Crippen MR) is 125 cm³/mol. The summed E-state index contributed by atoms with van der Waals surface area (Å²) < 4.78 is 5.49. The number of hydrogen-bond acceptors (Lipinski definition) is 6. The van der Waals surface area contributed by atoms with Gasteiger partial charge in [0.2, 0.25) is 0 Å². The van der Waals surface area contributed by atoms with E-state index < -0.39 is 0 Å². The highest BCUT2D eigenvalue weighted by atomic mass is 16.5. The van der Waals surface area contributed by atoms with Crippen molar-refractivity contribution in [2.24, 2.45) is 16.8 Å². The Balaban J connectivity index is 1.26. The molecule has 8 nitrogen and oxygen atoms in total.